The van der Waals surface area contributed by atoms with E-state index in [1.165, 1.54) is 0 Å². The lowest BCUT2D eigenvalue weighted by atomic mass is 10.00. The number of aldehydes is 1. The van der Waals surface area contributed by atoms with Crippen LogP contribution in [0.1, 0.15) is 19.3 Å². The molecular formula is C17H26N4O3. The summed E-state index contributed by atoms with van der Waals surface area (Å²) < 4.78 is 0. The third-order valence-electron chi connectivity index (χ3n) is 3.97. The van der Waals surface area contributed by atoms with Crippen molar-refractivity contribution in [3.63, 3.8) is 0 Å². The first-order chi connectivity index (χ1) is 11.6. The maximum Gasteiger partial charge on any atom is 0.209 e. The van der Waals surface area contributed by atoms with Gasteiger partial charge in [0.15, 0.2) is 6.29 Å². The number of carbonyl (C=O) groups excluding carboxylic acids is 3. The Morgan fingerprint density at radius 1 is 1.38 bits per heavy atom. The summed E-state index contributed by atoms with van der Waals surface area (Å²) in [5.74, 6) is 0. The summed E-state index contributed by atoms with van der Waals surface area (Å²) >= 11 is 0. The summed E-state index contributed by atoms with van der Waals surface area (Å²) in [5, 5.41) is 2.62. The van der Waals surface area contributed by atoms with Crippen LogP contribution < -0.4 is 5.32 Å². The molecule has 1 N–H and O–H groups in total. The molecule has 0 radical (unpaired) electrons. The predicted octanol–water partition coefficient (Wildman–Crippen LogP) is 0.387. The molecule has 0 aromatic heterocycles. The fraction of sp³-hybridized carbons (Fsp3) is 0.529. The third-order valence-corrected chi connectivity index (χ3v) is 3.97. The van der Waals surface area contributed by atoms with Gasteiger partial charge in [0.05, 0.1) is 0 Å². The highest BCUT2D eigenvalue weighted by Gasteiger charge is 2.14. The van der Waals surface area contributed by atoms with Gasteiger partial charge in [-0.3, -0.25) is 19.4 Å². The van der Waals surface area contributed by atoms with Gasteiger partial charge in [-0.1, -0.05) is 11.6 Å². The van der Waals surface area contributed by atoms with Crippen LogP contribution in [0.3, 0.4) is 0 Å². The van der Waals surface area contributed by atoms with Crippen LogP contribution in [-0.4, -0.2) is 75.4 Å². The zero-order chi connectivity index (χ0) is 17.8. The summed E-state index contributed by atoms with van der Waals surface area (Å²) in [4.78, 5) is 40.1. The molecule has 0 atom stereocenters. The Hall–Kier alpha value is -2.28. The Balaban J connectivity index is 2.76. The average molecular weight is 334 g/mol. The Kier molecular flexibility index (Phi) is 9.29. The van der Waals surface area contributed by atoms with Gasteiger partial charge >= 0.3 is 0 Å². The lowest BCUT2D eigenvalue weighted by molar-refractivity contribution is -0.118. The van der Waals surface area contributed by atoms with E-state index in [0.29, 0.717) is 37.9 Å². The molecule has 0 spiro atoms. The van der Waals surface area contributed by atoms with Crippen LogP contribution >= 0.6 is 0 Å². The molecule has 0 unspecified atom stereocenters. The normalized spacial score (nSPS) is 17.4. The van der Waals surface area contributed by atoms with Crippen molar-refractivity contribution in [3.05, 3.63) is 22.9 Å². The molecule has 0 saturated carbocycles. The average Bonchev–Trinajstić information content (AvgIpc) is 2.61. The van der Waals surface area contributed by atoms with E-state index in [4.69, 9.17) is 0 Å². The topological polar surface area (TPSA) is 82.1 Å². The lowest BCUT2D eigenvalue weighted by Gasteiger charge is -2.25. The quantitative estimate of drug-likeness (QED) is 0.256. The van der Waals surface area contributed by atoms with E-state index in [9.17, 15) is 14.4 Å². The molecule has 1 saturated heterocycles. The van der Waals surface area contributed by atoms with Gasteiger partial charge in [-0.25, -0.2) is 0 Å². The number of carbonyl (C=O) groups is 3. The van der Waals surface area contributed by atoms with Gasteiger partial charge in [0.2, 0.25) is 12.8 Å². The molecule has 132 valence electrons. The summed E-state index contributed by atoms with van der Waals surface area (Å²) in [6.45, 7) is 6.86. The fourth-order valence-corrected chi connectivity index (χ4v) is 2.61. The Morgan fingerprint density at radius 3 is 2.79 bits per heavy atom. The third kappa shape index (κ3) is 6.87. The number of piperidine rings is 1. The minimum absolute atomic E-state index is 0.338. The zero-order valence-corrected chi connectivity index (χ0v) is 14.2. The number of likely N-dealkylation sites (tertiary alicyclic amines) is 1. The van der Waals surface area contributed by atoms with E-state index in [0.717, 1.165) is 50.0 Å². The van der Waals surface area contributed by atoms with Crippen molar-refractivity contribution in [2.75, 3.05) is 39.8 Å². The smallest absolute Gasteiger partial charge is 0.209 e. The second-order valence-corrected chi connectivity index (χ2v) is 5.79. The molecule has 1 aliphatic rings. The first kappa shape index (κ1) is 19.8. The highest BCUT2D eigenvalue weighted by atomic mass is 16.1. The number of rotatable bonds is 11. The monoisotopic (exact) mass is 334 g/mol. The summed E-state index contributed by atoms with van der Waals surface area (Å²) in [6, 6.07) is 0. The number of allylic oxidation sites excluding steroid dienone is 2. The fourth-order valence-electron chi connectivity index (χ4n) is 2.61. The molecule has 1 heterocycles. The van der Waals surface area contributed by atoms with E-state index >= 15 is 0 Å². The van der Waals surface area contributed by atoms with Crippen LogP contribution in [0.15, 0.2) is 27.9 Å². The molecule has 7 nitrogen and oxygen atoms in total. The molecule has 0 aromatic carbocycles. The van der Waals surface area contributed by atoms with Crippen molar-refractivity contribution in [1.82, 2.24) is 15.1 Å². The van der Waals surface area contributed by atoms with E-state index in [2.05, 4.69) is 21.9 Å². The minimum Gasteiger partial charge on any atom is -0.357 e. The van der Waals surface area contributed by atoms with Crippen molar-refractivity contribution in [1.29, 1.82) is 0 Å². The van der Waals surface area contributed by atoms with Gasteiger partial charge in [0.1, 0.15) is 5.70 Å². The highest BCUT2D eigenvalue weighted by molar-refractivity contribution is 5.76. The first-order valence-corrected chi connectivity index (χ1v) is 8.04. The number of nitrogens with one attached hydrogen (secondary N) is 1. The van der Waals surface area contributed by atoms with Gasteiger partial charge in [-0.05, 0) is 38.6 Å². The molecule has 1 fully saturated rings. The molecular weight excluding hydrogens is 308 g/mol. The van der Waals surface area contributed by atoms with Gasteiger partial charge < -0.3 is 15.1 Å². The van der Waals surface area contributed by atoms with E-state index in [1.807, 2.05) is 13.1 Å². The van der Waals surface area contributed by atoms with E-state index in [1.54, 1.807) is 4.90 Å². The number of hydrogen-bond donors (Lipinski definition) is 1. The SMILES string of the molecule is C=N/C(C=O)=C(\C=C1\CCCN(C=O)C1)CCN(C)CCNC=O. The lowest BCUT2D eigenvalue weighted by Crippen LogP contribution is -2.30. The standard InChI is InChI=1S/C17H26N4O3/c1-18-17(12-22)16(5-8-20(2)9-6-19-13-23)10-15-4-3-7-21(11-15)14-24/h10,12-14H,1,3-9,11H2,2H3,(H,19,23)/b15-10-,17-16-. The van der Waals surface area contributed by atoms with Crippen LogP contribution in [-0.2, 0) is 14.4 Å². The highest BCUT2D eigenvalue weighted by Crippen LogP contribution is 2.20. The number of likely N-dealkylation sites (N-methyl/N-ethyl adjacent to an activating group) is 1. The van der Waals surface area contributed by atoms with Gasteiger partial charge in [-0.2, -0.15) is 0 Å². The molecule has 24 heavy (non-hydrogen) atoms. The second kappa shape index (κ2) is 11.3. The van der Waals surface area contributed by atoms with Crippen LogP contribution in [0.5, 0.6) is 0 Å². The van der Waals surface area contributed by atoms with Crippen LogP contribution in [0.4, 0.5) is 0 Å². The maximum absolute atomic E-state index is 11.2. The Morgan fingerprint density at radius 2 is 2.17 bits per heavy atom. The Labute approximate surface area is 143 Å². The van der Waals surface area contributed by atoms with Crippen LogP contribution in [0.25, 0.3) is 0 Å². The predicted molar refractivity (Wildman–Crippen MR) is 93.8 cm³/mol. The number of amides is 2. The maximum atomic E-state index is 11.2. The van der Waals surface area contributed by atoms with Crippen molar-refractivity contribution in [3.8, 4) is 0 Å². The van der Waals surface area contributed by atoms with E-state index < -0.39 is 0 Å². The molecule has 1 aliphatic heterocycles. The number of aliphatic imine (C=N–C) groups is 1. The molecule has 1 rings (SSSR count). The molecule has 0 aromatic rings. The summed E-state index contributed by atoms with van der Waals surface area (Å²) in [6.07, 6.45) is 6.71. The van der Waals surface area contributed by atoms with Gasteiger partial charge in [-0.15, -0.1) is 0 Å². The summed E-state index contributed by atoms with van der Waals surface area (Å²) in [5.41, 5.74) is 2.29. The molecule has 2 amide bonds. The van der Waals surface area contributed by atoms with Crippen molar-refractivity contribution < 1.29 is 14.4 Å². The molecule has 0 aliphatic carbocycles. The Bertz CT molecular complexity index is 504. The van der Waals surface area contributed by atoms with Gasteiger partial charge in [0.25, 0.3) is 0 Å². The second-order valence-electron chi connectivity index (χ2n) is 5.79. The van der Waals surface area contributed by atoms with E-state index in [-0.39, 0.29) is 0 Å². The van der Waals surface area contributed by atoms with Crippen LogP contribution in [0.2, 0.25) is 0 Å². The van der Waals surface area contributed by atoms with Crippen LogP contribution in [0, 0.1) is 0 Å². The van der Waals surface area contributed by atoms with Crippen molar-refractivity contribution in [2.24, 2.45) is 4.99 Å². The number of nitrogens with zero attached hydrogens (tertiary/aromatic N) is 3. The van der Waals surface area contributed by atoms with Crippen molar-refractivity contribution in [2.45, 2.75) is 19.3 Å². The largest absolute Gasteiger partial charge is 0.357 e. The zero-order valence-electron chi connectivity index (χ0n) is 14.2. The minimum atomic E-state index is 0.338. The number of hydrogen-bond acceptors (Lipinski definition) is 5. The van der Waals surface area contributed by atoms with Gasteiger partial charge in [0, 0.05) is 32.7 Å². The first-order valence-electron chi connectivity index (χ1n) is 8.04. The molecule has 0 bridgehead atoms. The molecule has 7 heteroatoms. The van der Waals surface area contributed by atoms with Crippen molar-refractivity contribution >= 4 is 25.8 Å². The summed E-state index contributed by atoms with van der Waals surface area (Å²) in [7, 11) is 1.95.